The summed E-state index contributed by atoms with van der Waals surface area (Å²) in [6, 6.07) is 34.6. The van der Waals surface area contributed by atoms with Crippen LogP contribution >= 0.6 is 0 Å². The molecular weight excluding hydrogens is 470 g/mol. The van der Waals surface area contributed by atoms with Crippen molar-refractivity contribution in [1.82, 2.24) is 24.6 Å². The van der Waals surface area contributed by atoms with Crippen molar-refractivity contribution < 1.29 is 4.79 Å². The van der Waals surface area contributed by atoms with Crippen molar-refractivity contribution in [2.75, 3.05) is 6.54 Å². The van der Waals surface area contributed by atoms with Gasteiger partial charge in [-0.3, -0.25) is 0 Å². The number of para-hydroxylation sites is 1. The minimum absolute atomic E-state index is 0.0788. The lowest BCUT2D eigenvalue weighted by Gasteiger charge is -2.31. The smallest absolute Gasteiger partial charge is 0.318 e. The van der Waals surface area contributed by atoms with Crippen LogP contribution in [0, 0.1) is 0 Å². The molecule has 2 aromatic heterocycles. The molecule has 5 aromatic rings. The molecule has 3 heterocycles. The minimum Gasteiger partial charge on any atom is -0.338 e. The second-order valence-corrected chi connectivity index (χ2v) is 9.56. The number of nitrogens with zero attached hydrogens (tertiary/aromatic N) is 4. The van der Waals surface area contributed by atoms with Crippen molar-refractivity contribution in [3.8, 4) is 11.5 Å². The SMILES string of the molecule is CCc1nn(-c2ccccc2)c2c1CN(C(=O)NCCc1ccccc1)[C@@H](c1ccccc1)c1cccn1-2. The predicted molar refractivity (Wildman–Crippen MR) is 150 cm³/mol. The summed E-state index contributed by atoms with van der Waals surface area (Å²) in [7, 11) is 0. The Morgan fingerprint density at radius 3 is 2.29 bits per heavy atom. The van der Waals surface area contributed by atoms with Crippen LogP contribution in [-0.4, -0.2) is 31.8 Å². The summed E-state index contributed by atoms with van der Waals surface area (Å²) in [6.07, 6.45) is 3.64. The average molecular weight is 502 g/mol. The number of urea groups is 1. The van der Waals surface area contributed by atoms with E-state index in [0.717, 1.165) is 46.9 Å². The number of aryl methyl sites for hydroxylation is 1. The highest BCUT2D eigenvalue weighted by Crippen LogP contribution is 2.38. The number of aromatic nitrogens is 3. The molecule has 6 nitrogen and oxygen atoms in total. The molecule has 38 heavy (non-hydrogen) atoms. The topological polar surface area (TPSA) is 55.1 Å². The van der Waals surface area contributed by atoms with Crippen LogP contribution in [0.3, 0.4) is 0 Å². The van der Waals surface area contributed by atoms with Crippen molar-refractivity contribution >= 4 is 6.03 Å². The molecule has 190 valence electrons. The summed E-state index contributed by atoms with van der Waals surface area (Å²) < 4.78 is 4.24. The fourth-order valence-corrected chi connectivity index (χ4v) is 5.39. The number of carbonyl (C=O) groups excluding carboxylic acids is 1. The summed E-state index contributed by atoms with van der Waals surface area (Å²) in [4.78, 5) is 15.9. The number of rotatable bonds is 6. The standard InChI is InChI=1S/C32H31N5O/c1-2-28-27-23-36(32(38)33-21-20-24-13-6-3-7-14-24)30(25-15-8-4-9-16-25)29-19-12-22-35(29)31(27)37(34-28)26-17-10-5-11-18-26/h3-19,22,30H,2,20-21,23H2,1H3,(H,33,38)/t30-/m0/s1. The van der Waals surface area contributed by atoms with Gasteiger partial charge >= 0.3 is 6.03 Å². The van der Waals surface area contributed by atoms with Crippen LogP contribution in [0.25, 0.3) is 11.5 Å². The number of hydrogen-bond donors (Lipinski definition) is 1. The molecule has 6 rings (SSSR count). The molecule has 0 spiro atoms. The van der Waals surface area contributed by atoms with Gasteiger partial charge in [-0.05, 0) is 48.2 Å². The molecule has 1 atom stereocenters. The van der Waals surface area contributed by atoms with Gasteiger partial charge in [-0.1, -0.05) is 85.8 Å². The molecular formula is C32H31N5O. The quantitative estimate of drug-likeness (QED) is 0.306. The van der Waals surface area contributed by atoms with E-state index in [0.29, 0.717) is 13.1 Å². The summed E-state index contributed by atoms with van der Waals surface area (Å²) in [5, 5.41) is 8.24. The van der Waals surface area contributed by atoms with Crippen molar-refractivity contribution in [3.63, 3.8) is 0 Å². The Labute approximate surface area is 223 Å². The maximum Gasteiger partial charge on any atom is 0.318 e. The number of hydrogen-bond acceptors (Lipinski definition) is 2. The van der Waals surface area contributed by atoms with E-state index in [1.807, 2.05) is 64.2 Å². The van der Waals surface area contributed by atoms with Crippen LogP contribution in [0.2, 0.25) is 0 Å². The van der Waals surface area contributed by atoms with Gasteiger partial charge in [0.05, 0.1) is 29.7 Å². The van der Waals surface area contributed by atoms with Crippen LogP contribution in [-0.2, 0) is 19.4 Å². The normalized spacial score (nSPS) is 14.4. The molecule has 0 radical (unpaired) electrons. The van der Waals surface area contributed by atoms with E-state index in [2.05, 4.69) is 71.5 Å². The van der Waals surface area contributed by atoms with E-state index in [1.165, 1.54) is 5.56 Å². The number of nitrogens with one attached hydrogen (secondary N) is 1. The number of fused-ring (bicyclic) bond motifs is 3. The summed E-state index contributed by atoms with van der Waals surface area (Å²) >= 11 is 0. The molecule has 1 aliphatic heterocycles. The van der Waals surface area contributed by atoms with Gasteiger partial charge < -0.3 is 14.8 Å². The van der Waals surface area contributed by atoms with E-state index < -0.39 is 0 Å². The molecule has 0 aliphatic carbocycles. The second-order valence-electron chi connectivity index (χ2n) is 9.56. The highest BCUT2D eigenvalue weighted by Gasteiger charge is 2.36. The van der Waals surface area contributed by atoms with Crippen LogP contribution in [0.5, 0.6) is 0 Å². The molecule has 0 fully saturated rings. The third-order valence-electron chi connectivity index (χ3n) is 7.21. The van der Waals surface area contributed by atoms with Crippen LogP contribution in [0.4, 0.5) is 4.79 Å². The van der Waals surface area contributed by atoms with Gasteiger partial charge in [0, 0.05) is 18.3 Å². The van der Waals surface area contributed by atoms with Gasteiger partial charge in [-0.15, -0.1) is 0 Å². The Kier molecular flexibility index (Phi) is 6.53. The van der Waals surface area contributed by atoms with Gasteiger partial charge in [-0.25, -0.2) is 9.48 Å². The molecule has 1 N–H and O–H groups in total. The van der Waals surface area contributed by atoms with Crippen LogP contribution in [0.1, 0.15) is 41.0 Å². The predicted octanol–water partition coefficient (Wildman–Crippen LogP) is 6.08. The number of carbonyl (C=O) groups is 1. The van der Waals surface area contributed by atoms with Gasteiger partial charge in [0.1, 0.15) is 5.82 Å². The molecule has 6 heteroatoms. The van der Waals surface area contributed by atoms with Crippen LogP contribution in [0.15, 0.2) is 109 Å². The van der Waals surface area contributed by atoms with E-state index in [4.69, 9.17) is 5.10 Å². The second kappa shape index (κ2) is 10.4. The Morgan fingerprint density at radius 2 is 1.58 bits per heavy atom. The summed E-state index contributed by atoms with van der Waals surface area (Å²) in [5.74, 6) is 0.994. The Hall–Kier alpha value is -4.58. The van der Waals surface area contributed by atoms with Gasteiger partial charge in [-0.2, -0.15) is 5.10 Å². The van der Waals surface area contributed by atoms with Crippen molar-refractivity contribution in [2.45, 2.75) is 32.4 Å². The summed E-state index contributed by atoms with van der Waals surface area (Å²) in [5.41, 5.74) is 6.39. The van der Waals surface area contributed by atoms with E-state index >= 15 is 0 Å². The fourth-order valence-electron chi connectivity index (χ4n) is 5.39. The Bertz CT molecular complexity index is 1520. The zero-order valence-electron chi connectivity index (χ0n) is 21.5. The maximum absolute atomic E-state index is 13.9. The molecule has 0 unspecified atom stereocenters. The lowest BCUT2D eigenvalue weighted by Crippen LogP contribution is -2.42. The molecule has 0 saturated heterocycles. The van der Waals surface area contributed by atoms with Gasteiger partial charge in [0.15, 0.2) is 0 Å². The zero-order chi connectivity index (χ0) is 25.9. The first kappa shape index (κ1) is 23.8. The lowest BCUT2D eigenvalue weighted by atomic mass is 10.0. The van der Waals surface area contributed by atoms with Crippen molar-refractivity contribution in [2.24, 2.45) is 0 Å². The van der Waals surface area contributed by atoms with Crippen molar-refractivity contribution in [3.05, 3.63) is 137 Å². The minimum atomic E-state index is -0.246. The first-order valence-electron chi connectivity index (χ1n) is 13.2. The van der Waals surface area contributed by atoms with E-state index in [1.54, 1.807) is 0 Å². The Balaban J connectivity index is 1.44. The molecule has 2 amide bonds. The third kappa shape index (κ3) is 4.39. The van der Waals surface area contributed by atoms with E-state index in [-0.39, 0.29) is 12.1 Å². The zero-order valence-corrected chi connectivity index (χ0v) is 21.5. The number of benzene rings is 3. The van der Waals surface area contributed by atoms with Gasteiger partial charge in [0.2, 0.25) is 0 Å². The largest absolute Gasteiger partial charge is 0.338 e. The number of amides is 2. The monoisotopic (exact) mass is 501 g/mol. The first-order valence-corrected chi connectivity index (χ1v) is 13.2. The van der Waals surface area contributed by atoms with Crippen LogP contribution < -0.4 is 5.32 Å². The third-order valence-corrected chi connectivity index (χ3v) is 7.21. The first-order chi connectivity index (χ1) is 18.7. The molecule has 1 aliphatic rings. The highest BCUT2D eigenvalue weighted by molar-refractivity contribution is 5.76. The lowest BCUT2D eigenvalue weighted by molar-refractivity contribution is 0.180. The molecule has 0 saturated carbocycles. The highest BCUT2D eigenvalue weighted by atomic mass is 16.2. The average Bonchev–Trinajstić information content (AvgIpc) is 3.55. The summed E-state index contributed by atoms with van der Waals surface area (Å²) in [6.45, 7) is 3.15. The van der Waals surface area contributed by atoms with E-state index in [9.17, 15) is 4.79 Å². The fraction of sp³-hybridized carbons (Fsp3) is 0.188. The Morgan fingerprint density at radius 1 is 0.895 bits per heavy atom. The molecule has 0 bridgehead atoms. The van der Waals surface area contributed by atoms with Crippen molar-refractivity contribution in [1.29, 1.82) is 0 Å². The van der Waals surface area contributed by atoms with Gasteiger partial charge in [0.25, 0.3) is 0 Å². The maximum atomic E-state index is 13.9. The molecule has 3 aromatic carbocycles.